The van der Waals surface area contributed by atoms with E-state index in [1.165, 1.54) is 11.3 Å². The number of sulfonamides is 1. The minimum Gasteiger partial charge on any atom is -0.377 e. The molecule has 11 heteroatoms. The molecule has 4 rings (SSSR count). The highest BCUT2D eigenvalue weighted by atomic mass is 32.2. The van der Waals surface area contributed by atoms with Crippen LogP contribution in [0.5, 0.6) is 0 Å². The average Bonchev–Trinajstić information content (AvgIpc) is 3.22. The number of aliphatic hydroxyl groups is 1. The first-order valence-corrected chi connectivity index (χ1v) is 14.3. The number of nitrogens with two attached hydrogens (primary N) is 1. The summed E-state index contributed by atoms with van der Waals surface area (Å²) in [7, 11) is -3.79. The van der Waals surface area contributed by atoms with E-state index in [1.807, 2.05) is 36.4 Å². The molecule has 2 unspecified atom stereocenters. The van der Waals surface area contributed by atoms with Crippen molar-refractivity contribution in [2.45, 2.75) is 49.7 Å². The van der Waals surface area contributed by atoms with Crippen LogP contribution in [-0.2, 0) is 39.8 Å². The fraction of sp³-hybridized carbons (Fsp3) is 0.360. The number of aryl methyl sites for hydroxylation is 1. The fourth-order valence-electron chi connectivity index (χ4n) is 4.28. The lowest BCUT2D eigenvalue weighted by atomic mass is 9.97. The van der Waals surface area contributed by atoms with E-state index in [1.54, 1.807) is 24.3 Å². The van der Waals surface area contributed by atoms with Crippen molar-refractivity contribution in [3.8, 4) is 0 Å². The Bertz CT molecular complexity index is 1250. The first kappa shape index (κ1) is 26.2. The molecule has 36 heavy (non-hydrogen) atoms. The van der Waals surface area contributed by atoms with Gasteiger partial charge in [-0.2, -0.15) is 0 Å². The molecule has 9 nitrogen and oxygen atoms in total. The van der Waals surface area contributed by atoms with Crippen molar-refractivity contribution in [2.75, 3.05) is 12.3 Å². The molecule has 1 aliphatic rings. The number of hydrogen-bond donors (Lipinski definition) is 5. The number of anilines is 1. The second kappa shape index (κ2) is 11.9. The summed E-state index contributed by atoms with van der Waals surface area (Å²) in [5.41, 5.74) is 8.26. The Morgan fingerprint density at radius 3 is 2.47 bits per heavy atom. The second-order valence-corrected chi connectivity index (χ2v) is 11.8. The normalized spacial score (nSPS) is 17.2. The lowest BCUT2D eigenvalue weighted by Crippen LogP contribution is -2.52. The van der Waals surface area contributed by atoms with Gasteiger partial charge in [0.2, 0.25) is 15.9 Å². The zero-order chi connectivity index (χ0) is 25.5. The third-order valence-corrected chi connectivity index (χ3v) is 8.28. The number of fused-ring (bicyclic) bond motifs is 1. The van der Waals surface area contributed by atoms with Gasteiger partial charge in [-0.25, -0.2) is 18.1 Å². The molecule has 3 aromatic rings. The fourth-order valence-corrected chi connectivity index (χ4v) is 6.58. The van der Waals surface area contributed by atoms with Crippen LogP contribution in [0.4, 0.5) is 5.13 Å². The SMILES string of the molecule is Nc1nc2c(s1)CC(NC(O)CNC(=O)[C@@H](Cc1ccccc1)NS(=O)(=O)Cc1ccccc1)CC2. The lowest BCUT2D eigenvalue weighted by Gasteiger charge is -2.26. The number of aromatic nitrogens is 1. The molecule has 0 saturated carbocycles. The predicted octanol–water partition coefficient (Wildman–Crippen LogP) is 1.34. The Labute approximate surface area is 215 Å². The zero-order valence-corrected chi connectivity index (χ0v) is 21.4. The van der Waals surface area contributed by atoms with Crippen molar-refractivity contribution < 1.29 is 18.3 Å². The van der Waals surface area contributed by atoms with E-state index in [-0.39, 0.29) is 24.8 Å². The lowest BCUT2D eigenvalue weighted by molar-refractivity contribution is -0.123. The molecule has 1 aliphatic carbocycles. The van der Waals surface area contributed by atoms with E-state index >= 15 is 0 Å². The first-order valence-electron chi connectivity index (χ1n) is 11.8. The Hall–Kier alpha value is -2.83. The molecule has 0 fully saturated rings. The number of carbonyl (C=O) groups is 1. The number of nitrogens with one attached hydrogen (secondary N) is 3. The van der Waals surface area contributed by atoms with E-state index < -0.39 is 28.2 Å². The molecule has 0 spiro atoms. The van der Waals surface area contributed by atoms with Crippen LogP contribution in [0.25, 0.3) is 0 Å². The smallest absolute Gasteiger partial charge is 0.238 e. The third kappa shape index (κ3) is 7.58. The number of amides is 1. The maximum Gasteiger partial charge on any atom is 0.238 e. The topological polar surface area (TPSA) is 146 Å². The molecule has 1 heterocycles. The van der Waals surface area contributed by atoms with Crippen molar-refractivity contribution >= 4 is 32.4 Å². The molecule has 2 aromatic carbocycles. The van der Waals surface area contributed by atoms with Crippen molar-refractivity contribution in [3.63, 3.8) is 0 Å². The van der Waals surface area contributed by atoms with Crippen LogP contribution in [0.1, 0.15) is 28.1 Å². The van der Waals surface area contributed by atoms with Gasteiger partial charge in [-0.15, -0.1) is 11.3 Å². The van der Waals surface area contributed by atoms with Gasteiger partial charge in [0.05, 0.1) is 18.0 Å². The van der Waals surface area contributed by atoms with Crippen LogP contribution >= 0.6 is 11.3 Å². The summed E-state index contributed by atoms with van der Waals surface area (Å²) in [5, 5.41) is 16.9. The largest absolute Gasteiger partial charge is 0.377 e. The van der Waals surface area contributed by atoms with Crippen molar-refractivity contribution in [2.24, 2.45) is 0 Å². The standard InChI is InChI=1S/C25H31N5O4S2/c26-25-29-20-12-11-19(14-22(20)35-25)28-23(31)15-27-24(32)21(13-17-7-3-1-4-8-17)30-36(33,34)16-18-9-5-2-6-10-18/h1-10,19,21,23,28,30-31H,11-16H2,(H2,26,29)(H,27,32)/t19?,21-,23?/m1/s1. The first-order chi connectivity index (χ1) is 17.3. The monoisotopic (exact) mass is 529 g/mol. The zero-order valence-electron chi connectivity index (χ0n) is 19.8. The van der Waals surface area contributed by atoms with Gasteiger partial charge in [0.25, 0.3) is 0 Å². The third-order valence-electron chi connectivity index (χ3n) is 5.97. The van der Waals surface area contributed by atoms with Gasteiger partial charge in [-0.05, 0) is 36.8 Å². The number of nitrogens with zero attached hydrogens (tertiary/aromatic N) is 1. The Kier molecular flexibility index (Phi) is 8.70. The molecule has 1 aromatic heterocycles. The predicted molar refractivity (Wildman–Crippen MR) is 141 cm³/mol. The van der Waals surface area contributed by atoms with Crippen LogP contribution in [0.2, 0.25) is 0 Å². The number of aliphatic hydroxyl groups excluding tert-OH is 1. The summed E-state index contributed by atoms with van der Waals surface area (Å²) in [6.07, 6.45) is 1.50. The molecule has 1 amide bonds. The van der Waals surface area contributed by atoms with Crippen LogP contribution < -0.4 is 21.1 Å². The highest BCUT2D eigenvalue weighted by molar-refractivity contribution is 7.88. The molecule has 192 valence electrons. The highest BCUT2D eigenvalue weighted by Crippen LogP contribution is 2.28. The van der Waals surface area contributed by atoms with E-state index in [2.05, 4.69) is 20.3 Å². The summed E-state index contributed by atoms with van der Waals surface area (Å²) >= 11 is 1.46. The van der Waals surface area contributed by atoms with Crippen molar-refractivity contribution in [3.05, 3.63) is 82.4 Å². The van der Waals surface area contributed by atoms with Crippen LogP contribution in [-0.4, -0.2) is 49.3 Å². The van der Waals surface area contributed by atoms with Gasteiger partial charge < -0.3 is 16.2 Å². The summed E-state index contributed by atoms with van der Waals surface area (Å²) in [4.78, 5) is 18.5. The van der Waals surface area contributed by atoms with E-state index in [4.69, 9.17) is 5.73 Å². The number of carbonyl (C=O) groups excluding carboxylic acids is 1. The molecule has 0 bridgehead atoms. The van der Waals surface area contributed by atoms with Gasteiger partial charge >= 0.3 is 0 Å². The molecule has 3 atom stereocenters. The Balaban J connectivity index is 1.35. The minimum atomic E-state index is -3.79. The average molecular weight is 530 g/mol. The number of nitrogen functional groups attached to an aromatic ring is 1. The minimum absolute atomic E-state index is 0.0359. The van der Waals surface area contributed by atoms with Crippen LogP contribution in [0.15, 0.2) is 60.7 Å². The number of benzene rings is 2. The number of hydrogen-bond acceptors (Lipinski definition) is 8. The van der Waals surface area contributed by atoms with Gasteiger partial charge in [-0.1, -0.05) is 60.7 Å². The van der Waals surface area contributed by atoms with Gasteiger partial charge in [0.1, 0.15) is 12.3 Å². The summed E-state index contributed by atoms with van der Waals surface area (Å²) in [6.45, 7) is -0.0568. The van der Waals surface area contributed by atoms with Crippen LogP contribution in [0, 0.1) is 0 Å². The van der Waals surface area contributed by atoms with E-state index in [0.717, 1.165) is 29.0 Å². The molecular weight excluding hydrogens is 498 g/mol. The molecular formula is C25H31N5O4S2. The Morgan fingerprint density at radius 1 is 1.11 bits per heavy atom. The number of thiazole rings is 1. The maximum absolute atomic E-state index is 13.0. The molecule has 0 saturated heterocycles. The van der Waals surface area contributed by atoms with Crippen LogP contribution in [0.3, 0.4) is 0 Å². The van der Waals surface area contributed by atoms with E-state index in [0.29, 0.717) is 17.1 Å². The molecule has 0 aliphatic heterocycles. The summed E-state index contributed by atoms with van der Waals surface area (Å²) in [6, 6.07) is 17.0. The molecule has 0 radical (unpaired) electrons. The van der Waals surface area contributed by atoms with Gasteiger partial charge in [0, 0.05) is 10.9 Å². The Morgan fingerprint density at radius 2 is 1.78 bits per heavy atom. The van der Waals surface area contributed by atoms with E-state index in [9.17, 15) is 18.3 Å². The molecule has 6 N–H and O–H groups in total. The number of rotatable bonds is 11. The summed E-state index contributed by atoms with van der Waals surface area (Å²) in [5.74, 6) is -0.736. The van der Waals surface area contributed by atoms with Gasteiger partial charge in [0.15, 0.2) is 5.13 Å². The second-order valence-electron chi connectivity index (χ2n) is 8.89. The highest BCUT2D eigenvalue weighted by Gasteiger charge is 2.27. The van der Waals surface area contributed by atoms with Gasteiger partial charge in [-0.3, -0.25) is 10.1 Å². The quantitative estimate of drug-likeness (QED) is 0.236. The van der Waals surface area contributed by atoms with Crippen molar-refractivity contribution in [1.29, 1.82) is 0 Å². The summed E-state index contributed by atoms with van der Waals surface area (Å²) < 4.78 is 28.2. The van der Waals surface area contributed by atoms with Crippen molar-refractivity contribution in [1.82, 2.24) is 20.3 Å². The maximum atomic E-state index is 13.0.